The van der Waals surface area contributed by atoms with Crippen LogP contribution in [0.4, 0.5) is 5.82 Å². The third-order valence-electron chi connectivity index (χ3n) is 5.36. The van der Waals surface area contributed by atoms with Crippen LogP contribution in [0.5, 0.6) is 0 Å². The van der Waals surface area contributed by atoms with E-state index >= 15 is 0 Å². The van der Waals surface area contributed by atoms with E-state index in [1.165, 1.54) is 0 Å². The number of fused-ring (bicyclic) bond motifs is 3. The number of imidazole rings is 1. The van der Waals surface area contributed by atoms with Crippen LogP contribution in [-0.2, 0) is 11.8 Å². The van der Waals surface area contributed by atoms with Crippen molar-refractivity contribution in [3.05, 3.63) is 71.0 Å². The van der Waals surface area contributed by atoms with Gasteiger partial charge in [-0.3, -0.25) is 4.79 Å². The topological polar surface area (TPSA) is 97.9 Å². The number of aryl methyl sites for hydroxylation is 1. The number of benzene rings is 2. The Bertz CT molecular complexity index is 1460. The van der Waals surface area contributed by atoms with Gasteiger partial charge in [-0.15, -0.1) is 0 Å². The molecular weight excluding hydrogens is 428 g/mol. The van der Waals surface area contributed by atoms with Gasteiger partial charge in [0, 0.05) is 24.7 Å². The van der Waals surface area contributed by atoms with Gasteiger partial charge in [-0.1, -0.05) is 41.9 Å². The number of pyridine rings is 1. The Morgan fingerprint density at radius 3 is 2.75 bits per heavy atom. The molecule has 0 radical (unpaired) electrons. The summed E-state index contributed by atoms with van der Waals surface area (Å²) in [6.07, 6.45) is 2.39. The Balaban J connectivity index is 1.64. The Morgan fingerprint density at radius 1 is 1.12 bits per heavy atom. The van der Waals surface area contributed by atoms with Gasteiger partial charge in [0.2, 0.25) is 12.3 Å². The van der Waals surface area contributed by atoms with Crippen molar-refractivity contribution in [2.75, 3.05) is 12.4 Å². The molecule has 1 amide bonds. The van der Waals surface area contributed by atoms with Crippen LogP contribution < -0.4 is 10.6 Å². The van der Waals surface area contributed by atoms with Crippen LogP contribution in [0.15, 0.2) is 59.3 Å². The summed E-state index contributed by atoms with van der Waals surface area (Å²) in [5.41, 5.74) is 5.01. The number of rotatable bonds is 6. The largest absolute Gasteiger partial charge is 0.418 e. The quantitative estimate of drug-likeness (QED) is 0.377. The van der Waals surface area contributed by atoms with E-state index in [0.29, 0.717) is 34.4 Å². The second-order valence-corrected chi connectivity index (χ2v) is 7.71. The fraction of sp³-hybridized carbons (Fsp3) is 0.130. The molecule has 2 aromatic carbocycles. The van der Waals surface area contributed by atoms with Crippen molar-refractivity contribution in [2.24, 2.45) is 7.05 Å². The fourth-order valence-corrected chi connectivity index (χ4v) is 4.12. The number of hydrogen-bond acceptors (Lipinski definition) is 6. The maximum atomic E-state index is 11.3. The minimum atomic E-state index is -0.414. The number of carbonyl (C=O) groups is 1. The number of carbonyl (C=O) groups excluding carboxylic acids is 1. The molecule has 0 bridgehead atoms. The Kier molecular flexibility index (Phi) is 4.99. The van der Waals surface area contributed by atoms with Crippen molar-refractivity contribution < 1.29 is 9.21 Å². The number of oxazole rings is 1. The molecule has 8 nitrogen and oxygen atoms in total. The SMILES string of the molecule is CNc1nc2oc(-c3cccc(C(NC=O)c4ccccc4Cl)c3)nc2c2c1ncn2C. The van der Waals surface area contributed by atoms with Gasteiger partial charge in [0.1, 0.15) is 11.0 Å². The zero-order valence-electron chi connectivity index (χ0n) is 17.3. The first-order valence-electron chi connectivity index (χ1n) is 9.94. The van der Waals surface area contributed by atoms with Crippen LogP contribution in [0.25, 0.3) is 33.7 Å². The average molecular weight is 447 g/mol. The first kappa shape index (κ1) is 20.0. The molecule has 32 heavy (non-hydrogen) atoms. The van der Waals surface area contributed by atoms with Crippen molar-refractivity contribution in [1.29, 1.82) is 0 Å². The number of aromatic nitrogens is 4. The molecule has 3 heterocycles. The number of halogens is 1. The molecule has 5 aromatic rings. The van der Waals surface area contributed by atoms with E-state index in [1.54, 1.807) is 19.4 Å². The standard InChI is InChI=1S/C23H19ClN6O2/c1-25-21-18-20(30(2)11-26-18)19-23(29-21)32-22(28-19)14-7-5-6-13(10-14)17(27-12-31)15-8-3-4-9-16(15)24/h3-12,17H,1-2H3,(H,25,29)(H,27,31). The van der Waals surface area contributed by atoms with Crippen molar-refractivity contribution in [3.8, 4) is 11.5 Å². The molecule has 0 fully saturated rings. The van der Waals surface area contributed by atoms with Crippen molar-refractivity contribution in [1.82, 2.24) is 24.8 Å². The summed E-state index contributed by atoms with van der Waals surface area (Å²) in [5.74, 6) is 1.05. The monoisotopic (exact) mass is 446 g/mol. The van der Waals surface area contributed by atoms with E-state index in [0.717, 1.165) is 27.7 Å². The highest BCUT2D eigenvalue weighted by molar-refractivity contribution is 6.31. The van der Waals surface area contributed by atoms with E-state index in [1.807, 2.05) is 54.1 Å². The van der Waals surface area contributed by atoms with Gasteiger partial charge in [0.15, 0.2) is 11.3 Å². The second kappa shape index (κ2) is 7.97. The third kappa shape index (κ3) is 3.25. The van der Waals surface area contributed by atoms with Gasteiger partial charge in [0.05, 0.1) is 12.4 Å². The summed E-state index contributed by atoms with van der Waals surface area (Å²) < 4.78 is 7.93. The molecule has 0 aliphatic carbocycles. The molecule has 3 aromatic heterocycles. The smallest absolute Gasteiger partial charge is 0.251 e. The molecule has 0 aliphatic heterocycles. The van der Waals surface area contributed by atoms with E-state index in [2.05, 4.69) is 20.6 Å². The van der Waals surface area contributed by atoms with Gasteiger partial charge in [-0.05, 0) is 29.3 Å². The van der Waals surface area contributed by atoms with Crippen molar-refractivity contribution in [2.45, 2.75) is 6.04 Å². The van der Waals surface area contributed by atoms with Gasteiger partial charge in [-0.2, -0.15) is 4.98 Å². The summed E-state index contributed by atoms with van der Waals surface area (Å²) in [7, 11) is 3.69. The molecule has 0 saturated carbocycles. The third-order valence-corrected chi connectivity index (χ3v) is 5.71. The van der Waals surface area contributed by atoms with Gasteiger partial charge >= 0.3 is 0 Å². The van der Waals surface area contributed by atoms with Gasteiger partial charge in [0.25, 0.3) is 5.71 Å². The number of amides is 1. The Hall–Kier alpha value is -3.91. The lowest BCUT2D eigenvalue weighted by atomic mass is 9.97. The lowest BCUT2D eigenvalue weighted by Gasteiger charge is -2.18. The fourth-order valence-electron chi connectivity index (χ4n) is 3.87. The highest BCUT2D eigenvalue weighted by Gasteiger charge is 2.20. The van der Waals surface area contributed by atoms with Gasteiger partial charge < -0.3 is 19.6 Å². The predicted molar refractivity (Wildman–Crippen MR) is 124 cm³/mol. The normalized spacial score (nSPS) is 12.2. The Morgan fingerprint density at radius 2 is 1.97 bits per heavy atom. The summed E-state index contributed by atoms with van der Waals surface area (Å²) in [5, 5.41) is 6.48. The summed E-state index contributed by atoms with van der Waals surface area (Å²) >= 11 is 6.39. The molecule has 2 N–H and O–H groups in total. The van der Waals surface area contributed by atoms with E-state index in [4.69, 9.17) is 21.0 Å². The Labute approximate surface area is 188 Å². The molecule has 0 saturated heterocycles. The van der Waals surface area contributed by atoms with Crippen LogP contribution in [0, 0.1) is 0 Å². The van der Waals surface area contributed by atoms with Crippen LogP contribution in [0.1, 0.15) is 17.2 Å². The number of hydrogen-bond donors (Lipinski definition) is 2. The zero-order valence-corrected chi connectivity index (χ0v) is 18.1. The second-order valence-electron chi connectivity index (χ2n) is 7.30. The maximum Gasteiger partial charge on any atom is 0.251 e. The summed E-state index contributed by atoms with van der Waals surface area (Å²) in [6, 6.07) is 14.6. The number of nitrogens with zero attached hydrogens (tertiary/aromatic N) is 4. The van der Waals surface area contributed by atoms with E-state index < -0.39 is 6.04 Å². The lowest BCUT2D eigenvalue weighted by molar-refractivity contribution is -0.110. The minimum absolute atomic E-state index is 0.414. The predicted octanol–water partition coefficient (Wildman–Crippen LogP) is 4.31. The van der Waals surface area contributed by atoms with Crippen molar-refractivity contribution >= 4 is 46.1 Å². The first-order valence-corrected chi connectivity index (χ1v) is 10.3. The summed E-state index contributed by atoms with van der Waals surface area (Å²) in [6.45, 7) is 0. The molecule has 0 aliphatic rings. The first-order chi connectivity index (χ1) is 15.6. The molecular formula is C23H19ClN6O2. The number of nitrogens with one attached hydrogen (secondary N) is 2. The van der Waals surface area contributed by atoms with Crippen LogP contribution in [0.2, 0.25) is 5.02 Å². The van der Waals surface area contributed by atoms with Gasteiger partial charge in [-0.25, -0.2) is 9.97 Å². The molecule has 9 heteroatoms. The van der Waals surface area contributed by atoms with Crippen LogP contribution >= 0.6 is 11.6 Å². The number of anilines is 1. The molecule has 1 atom stereocenters. The molecule has 1 unspecified atom stereocenters. The highest BCUT2D eigenvalue weighted by atomic mass is 35.5. The highest BCUT2D eigenvalue weighted by Crippen LogP contribution is 2.33. The molecule has 0 spiro atoms. The van der Waals surface area contributed by atoms with Crippen LogP contribution in [0.3, 0.4) is 0 Å². The van der Waals surface area contributed by atoms with Crippen molar-refractivity contribution in [3.63, 3.8) is 0 Å². The average Bonchev–Trinajstić information content (AvgIpc) is 3.41. The van der Waals surface area contributed by atoms with Crippen LogP contribution in [-0.4, -0.2) is 33.0 Å². The maximum absolute atomic E-state index is 11.3. The minimum Gasteiger partial charge on any atom is -0.418 e. The van der Waals surface area contributed by atoms with E-state index in [-0.39, 0.29) is 0 Å². The molecule has 160 valence electrons. The summed E-state index contributed by atoms with van der Waals surface area (Å²) in [4.78, 5) is 25.0. The molecule has 5 rings (SSSR count). The lowest BCUT2D eigenvalue weighted by Crippen LogP contribution is -2.21. The van der Waals surface area contributed by atoms with E-state index in [9.17, 15) is 4.79 Å². The zero-order chi connectivity index (χ0) is 22.2.